The maximum Gasteiger partial charge on any atom is 0.345 e. The molecule has 1 saturated heterocycles. The molecule has 10 nitrogen and oxygen atoms in total. The molecule has 148 valence electrons. The molecular weight excluding hydrogens is 408 g/mol. The fourth-order valence-corrected chi connectivity index (χ4v) is 3.39. The molecule has 0 spiro atoms. The summed E-state index contributed by atoms with van der Waals surface area (Å²) in [7, 11) is 0. The molecule has 0 radical (unpaired) electrons. The van der Waals surface area contributed by atoms with E-state index in [1.165, 1.54) is 0 Å². The summed E-state index contributed by atoms with van der Waals surface area (Å²) < 4.78 is 0. The first-order valence-electron chi connectivity index (χ1n) is 8.34. The highest BCUT2D eigenvalue weighted by molar-refractivity contribution is 7.18. The van der Waals surface area contributed by atoms with Gasteiger partial charge in [-0.1, -0.05) is 11.6 Å². The molecule has 1 fully saturated rings. The predicted molar refractivity (Wildman–Crippen MR) is 106 cm³/mol. The molecule has 3 rings (SSSR count). The van der Waals surface area contributed by atoms with Gasteiger partial charge in [-0.3, -0.25) is 19.8 Å². The minimum atomic E-state index is -0.554. The lowest BCUT2D eigenvalue weighted by molar-refractivity contribution is -0.380. The van der Waals surface area contributed by atoms with Crippen LogP contribution in [0, 0.1) is 10.1 Å². The van der Waals surface area contributed by atoms with E-state index < -0.39 is 4.92 Å². The number of piperazine rings is 1. The van der Waals surface area contributed by atoms with E-state index in [1.807, 2.05) is 4.90 Å². The van der Waals surface area contributed by atoms with Gasteiger partial charge in [0.05, 0.1) is 11.5 Å². The molecule has 2 N–H and O–H groups in total. The Morgan fingerprint density at radius 3 is 2.46 bits per heavy atom. The Kier molecular flexibility index (Phi) is 6.39. The lowest BCUT2D eigenvalue weighted by Gasteiger charge is -2.34. The largest absolute Gasteiger partial charge is 0.345 e. The lowest BCUT2D eigenvalue weighted by Crippen LogP contribution is -2.51. The molecule has 1 aliphatic rings. The van der Waals surface area contributed by atoms with Crippen LogP contribution in [0.4, 0.5) is 20.6 Å². The van der Waals surface area contributed by atoms with Crippen molar-refractivity contribution in [2.24, 2.45) is 0 Å². The second-order valence-electron chi connectivity index (χ2n) is 6.01. The SMILES string of the molecule is O=C(CN1CCN(C(=O)Nc2ccc(Cl)cc2)CC1)Nc1ncc([N+](=O)[O-])s1. The van der Waals surface area contributed by atoms with Crippen molar-refractivity contribution in [2.75, 3.05) is 43.4 Å². The Morgan fingerprint density at radius 1 is 1.18 bits per heavy atom. The number of nitrogens with zero attached hydrogens (tertiary/aromatic N) is 4. The number of hydrogen-bond donors (Lipinski definition) is 2. The summed E-state index contributed by atoms with van der Waals surface area (Å²) in [6, 6.07) is 6.64. The van der Waals surface area contributed by atoms with Crippen LogP contribution in [0.15, 0.2) is 30.5 Å². The van der Waals surface area contributed by atoms with Crippen LogP contribution in [0.25, 0.3) is 0 Å². The average molecular weight is 425 g/mol. The summed E-state index contributed by atoms with van der Waals surface area (Å²) >= 11 is 6.63. The number of hydrogen-bond acceptors (Lipinski definition) is 7. The molecule has 0 aliphatic carbocycles. The van der Waals surface area contributed by atoms with E-state index in [0.29, 0.717) is 36.9 Å². The number of nitro groups is 1. The van der Waals surface area contributed by atoms with Gasteiger partial charge in [-0.05, 0) is 35.6 Å². The fraction of sp³-hybridized carbons (Fsp3) is 0.312. The van der Waals surface area contributed by atoms with Gasteiger partial charge in [-0.2, -0.15) is 0 Å². The first-order chi connectivity index (χ1) is 13.4. The van der Waals surface area contributed by atoms with Crippen molar-refractivity contribution in [3.8, 4) is 0 Å². The number of carbonyl (C=O) groups excluding carboxylic acids is 2. The molecule has 0 bridgehead atoms. The van der Waals surface area contributed by atoms with E-state index in [2.05, 4.69) is 15.6 Å². The highest BCUT2D eigenvalue weighted by atomic mass is 35.5. The van der Waals surface area contributed by atoms with Crippen LogP contribution >= 0.6 is 22.9 Å². The van der Waals surface area contributed by atoms with Crippen molar-refractivity contribution < 1.29 is 14.5 Å². The Bertz CT molecular complexity index is 866. The second-order valence-corrected chi connectivity index (χ2v) is 7.45. The summed E-state index contributed by atoms with van der Waals surface area (Å²) in [6.45, 7) is 2.17. The Hall–Kier alpha value is -2.76. The number of anilines is 2. The molecule has 0 atom stereocenters. The number of benzene rings is 1. The fourth-order valence-electron chi connectivity index (χ4n) is 2.61. The maximum atomic E-state index is 12.3. The van der Waals surface area contributed by atoms with Gasteiger partial charge in [0.2, 0.25) is 5.91 Å². The second kappa shape index (κ2) is 8.95. The zero-order valence-corrected chi connectivity index (χ0v) is 16.2. The number of amides is 3. The van der Waals surface area contributed by atoms with Crippen molar-refractivity contribution in [1.82, 2.24) is 14.8 Å². The highest BCUT2D eigenvalue weighted by Gasteiger charge is 2.23. The van der Waals surface area contributed by atoms with Gasteiger partial charge in [0, 0.05) is 36.9 Å². The molecule has 1 aromatic carbocycles. The normalized spacial score (nSPS) is 14.5. The van der Waals surface area contributed by atoms with E-state index in [1.54, 1.807) is 29.2 Å². The smallest absolute Gasteiger partial charge is 0.322 e. The molecule has 3 amide bonds. The standard InChI is InChI=1S/C16H17ClN6O4S/c17-11-1-3-12(4-2-11)19-16(25)22-7-5-21(6-8-22)10-13(24)20-15-18-9-14(28-15)23(26)27/h1-4,9H,5-8,10H2,(H,19,25)(H,18,20,24). The van der Waals surface area contributed by atoms with Crippen molar-refractivity contribution in [3.05, 3.63) is 45.6 Å². The van der Waals surface area contributed by atoms with Crippen LogP contribution in [0.1, 0.15) is 0 Å². The predicted octanol–water partition coefficient (Wildman–Crippen LogP) is 2.49. The molecule has 28 heavy (non-hydrogen) atoms. The van der Waals surface area contributed by atoms with Crippen molar-refractivity contribution in [3.63, 3.8) is 0 Å². The Labute approximate surface area is 169 Å². The summed E-state index contributed by atoms with van der Waals surface area (Å²) in [6.07, 6.45) is 1.11. The number of carbonyl (C=O) groups is 2. The van der Waals surface area contributed by atoms with Crippen LogP contribution in [-0.2, 0) is 4.79 Å². The Morgan fingerprint density at radius 2 is 1.86 bits per heavy atom. The number of aromatic nitrogens is 1. The van der Waals surface area contributed by atoms with E-state index in [-0.39, 0.29) is 28.6 Å². The number of urea groups is 1. The van der Waals surface area contributed by atoms with Gasteiger partial charge in [0.1, 0.15) is 6.20 Å². The van der Waals surface area contributed by atoms with E-state index in [9.17, 15) is 19.7 Å². The Balaban J connectivity index is 1.42. The quantitative estimate of drug-likeness (QED) is 0.562. The van der Waals surface area contributed by atoms with Gasteiger partial charge in [-0.25, -0.2) is 9.78 Å². The van der Waals surface area contributed by atoms with E-state index in [0.717, 1.165) is 17.5 Å². The van der Waals surface area contributed by atoms with Crippen LogP contribution in [0.5, 0.6) is 0 Å². The van der Waals surface area contributed by atoms with Crippen molar-refractivity contribution in [2.45, 2.75) is 0 Å². The molecule has 0 saturated carbocycles. The van der Waals surface area contributed by atoms with Gasteiger partial charge < -0.3 is 15.5 Å². The third kappa shape index (κ3) is 5.38. The molecular formula is C16H17ClN6O4S. The molecule has 2 heterocycles. The average Bonchev–Trinajstić information content (AvgIpc) is 3.13. The topological polar surface area (TPSA) is 121 Å². The molecule has 12 heteroatoms. The zero-order valence-electron chi connectivity index (χ0n) is 14.6. The summed E-state index contributed by atoms with van der Waals surface area (Å²) in [5.74, 6) is -0.302. The van der Waals surface area contributed by atoms with Gasteiger partial charge in [-0.15, -0.1) is 0 Å². The summed E-state index contributed by atoms with van der Waals surface area (Å²) in [5.41, 5.74) is 0.661. The lowest BCUT2D eigenvalue weighted by atomic mass is 10.3. The van der Waals surface area contributed by atoms with Crippen molar-refractivity contribution >= 4 is 50.7 Å². The minimum absolute atomic E-state index is 0.125. The number of halogens is 1. The van der Waals surface area contributed by atoms with Crippen LogP contribution in [0.2, 0.25) is 5.02 Å². The number of thiazole rings is 1. The van der Waals surface area contributed by atoms with E-state index >= 15 is 0 Å². The molecule has 2 aromatic rings. The van der Waals surface area contributed by atoms with E-state index in [4.69, 9.17) is 11.6 Å². The maximum absolute atomic E-state index is 12.3. The van der Waals surface area contributed by atoms with Gasteiger partial charge in [0.25, 0.3) is 0 Å². The highest BCUT2D eigenvalue weighted by Crippen LogP contribution is 2.24. The van der Waals surface area contributed by atoms with Crippen molar-refractivity contribution in [1.29, 1.82) is 0 Å². The molecule has 0 unspecified atom stereocenters. The monoisotopic (exact) mass is 424 g/mol. The van der Waals surface area contributed by atoms with Crippen LogP contribution < -0.4 is 10.6 Å². The first-order valence-corrected chi connectivity index (χ1v) is 9.54. The molecule has 1 aromatic heterocycles. The number of rotatable bonds is 5. The van der Waals surface area contributed by atoms with Crippen LogP contribution in [0.3, 0.4) is 0 Å². The third-order valence-corrected chi connectivity index (χ3v) is 5.16. The third-order valence-electron chi connectivity index (χ3n) is 4.04. The first kappa shape index (κ1) is 20.0. The zero-order chi connectivity index (χ0) is 20.1. The minimum Gasteiger partial charge on any atom is -0.322 e. The van der Waals surface area contributed by atoms with Crippen LogP contribution in [-0.4, -0.2) is 64.4 Å². The summed E-state index contributed by atoms with van der Waals surface area (Å²) in [4.78, 5) is 41.9. The summed E-state index contributed by atoms with van der Waals surface area (Å²) in [5, 5.41) is 16.7. The molecule has 1 aliphatic heterocycles. The number of nitrogens with one attached hydrogen (secondary N) is 2. The van der Waals surface area contributed by atoms with Gasteiger partial charge >= 0.3 is 11.0 Å². The van der Waals surface area contributed by atoms with Gasteiger partial charge in [0.15, 0.2) is 5.13 Å².